The number of carbonyl (C=O) groups is 2. The van der Waals surface area contributed by atoms with Crippen LogP contribution in [0.4, 0.5) is 5.69 Å². The van der Waals surface area contributed by atoms with E-state index in [9.17, 15) is 9.59 Å². The van der Waals surface area contributed by atoms with Crippen LogP contribution < -0.4 is 20.2 Å². The first kappa shape index (κ1) is 21.4. The molecule has 148 valence electrons. The molecule has 0 aliphatic heterocycles. The fourth-order valence-electron chi connectivity index (χ4n) is 2.26. The molecule has 0 heterocycles. The summed E-state index contributed by atoms with van der Waals surface area (Å²) in [4.78, 5) is 23.8. The van der Waals surface area contributed by atoms with E-state index in [-0.39, 0.29) is 24.7 Å². The number of anilines is 1. The quantitative estimate of drug-likeness (QED) is 0.452. The molecule has 0 aromatic heterocycles. The van der Waals surface area contributed by atoms with Crippen LogP contribution in [0.5, 0.6) is 11.5 Å². The molecule has 0 saturated carbocycles. The third-order valence-electron chi connectivity index (χ3n) is 3.62. The van der Waals surface area contributed by atoms with Gasteiger partial charge in [0.2, 0.25) is 11.8 Å². The fraction of sp³-hybridized carbons (Fsp3) is 0.250. The number of hydrogen-bond donors (Lipinski definition) is 2. The van der Waals surface area contributed by atoms with E-state index in [1.54, 1.807) is 31.4 Å². The average Bonchev–Trinajstić information content (AvgIpc) is 2.69. The molecule has 2 amide bonds. The van der Waals surface area contributed by atoms with Crippen LogP contribution in [-0.2, 0) is 9.59 Å². The fourth-order valence-corrected chi connectivity index (χ4v) is 2.64. The summed E-state index contributed by atoms with van der Waals surface area (Å²) in [5.41, 5.74) is 3.79. The van der Waals surface area contributed by atoms with Crippen molar-refractivity contribution in [1.82, 2.24) is 5.43 Å². The molecule has 0 aliphatic rings. The van der Waals surface area contributed by atoms with Crippen LogP contribution in [0.25, 0.3) is 0 Å². The van der Waals surface area contributed by atoms with Gasteiger partial charge in [-0.25, -0.2) is 5.43 Å². The third-order valence-corrected chi connectivity index (χ3v) is 4.11. The van der Waals surface area contributed by atoms with E-state index in [4.69, 9.17) is 9.47 Å². The molecule has 7 nitrogen and oxygen atoms in total. The Kier molecular flexibility index (Phi) is 8.48. The first-order valence-corrected chi connectivity index (χ1v) is 9.49. The average molecular weight is 448 g/mol. The Labute approximate surface area is 172 Å². The number of hydrazone groups is 1. The van der Waals surface area contributed by atoms with Crippen molar-refractivity contribution >= 4 is 39.6 Å². The number of nitrogens with one attached hydrogen (secondary N) is 2. The molecule has 0 aliphatic carbocycles. The van der Waals surface area contributed by atoms with Crippen molar-refractivity contribution in [3.05, 3.63) is 52.5 Å². The second kappa shape index (κ2) is 11.1. The van der Waals surface area contributed by atoms with Crippen molar-refractivity contribution in [2.24, 2.45) is 5.10 Å². The monoisotopic (exact) mass is 447 g/mol. The van der Waals surface area contributed by atoms with E-state index < -0.39 is 0 Å². The van der Waals surface area contributed by atoms with Gasteiger partial charge in [-0.1, -0.05) is 15.9 Å². The molecule has 0 fully saturated rings. The molecule has 2 N–H and O–H groups in total. The summed E-state index contributed by atoms with van der Waals surface area (Å²) in [6.45, 7) is 2.42. The summed E-state index contributed by atoms with van der Waals surface area (Å²) in [6, 6.07) is 12.5. The highest BCUT2D eigenvalue weighted by molar-refractivity contribution is 9.10. The van der Waals surface area contributed by atoms with Gasteiger partial charge < -0.3 is 14.8 Å². The van der Waals surface area contributed by atoms with Gasteiger partial charge in [0.15, 0.2) is 0 Å². The molecule has 0 spiro atoms. The molecule has 0 bridgehead atoms. The van der Waals surface area contributed by atoms with Crippen molar-refractivity contribution in [3.8, 4) is 11.5 Å². The maximum Gasteiger partial charge on any atom is 0.240 e. The third kappa shape index (κ3) is 7.03. The van der Waals surface area contributed by atoms with E-state index in [1.165, 1.54) is 6.21 Å². The molecule has 0 saturated heterocycles. The molecule has 8 heteroatoms. The molecule has 28 heavy (non-hydrogen) atoms. The van der Waals surface area contributed by atoms with E-state index in [0.717, 1.165) is 10.0 Å². The molecule has 2 aromatic rings. The zero-order valence-corrected chi connectivity index (χ0v) is 17.3. The van der Waals surface area contributed by atoms with Crippen LogP contribution in [0.2, 0.25) is 0 Å². The number of benzene rings is 2. The number of rotatable bonds is 9. The molecule has 0 atom stereocenters. The SMILES string of the molecule is CCOc1ccc(Br)cc1C=NNC(=O)CCC(=O)Nc1ccc(OC)cc1. The first-order chi connectivity index (χ1) is 13.5. The number of nitrogens with zero attached hydrogens (tertiary/aromatic N) is 1. The van der Waals surface area contributed by atoms with Gasteiger partial charge in [0.05, 0.1) is 19.9 Å². The van der Waals surface area contributed by atoms with Gasteiger partial charge in [0.1, 0.15) is 11.5 Å². The largest absolute Gasteiger partial charge is 0.497 e. The van der Waals surface area contributed by atoms with Gasteiger partial charge in [-0.3, -0.25) is 9.59 Å². The molecular weight excluding hydrogens is 426 g/mol. The highest BCUT2D eigenvalue weighted by Crippen LogP contribution is 2.21. The summed E-state index contributed by atoms with van der Waals surface area (Å²) in [6.07, 6.45) is 1.58. The number of ether oxygens (including phenoxy) is 2. The van der Waals surface area contributed by atoms with Crippen LogP contribution in [0.15, 0.2) is 52.0 Å². The summed E-state index contributed by atoms with van der Waals surface area (Å²) < 4.78 is 11.4. The van der Waals surface area contributed by atoms with Gasteiger partial charge in [0, 0.05) is 28.6 Å². The predicted octanol–water partition coefficient (Wildman–Crippen LogP) is 3.73. The Bertz CT molecular complexity index is 838. The van der Waals surface area contributed by atoms with Gasteiger partial charge in [-0.15, -0.1) is 0 Å². The van der Waals surface area contributed by atoms with Gasteiger partial charge >= 0.3 is 0 Å². The molecule has 2 rings (SSSR count). The van der Waals surface area contributed by atoms with Crippen LogP contribution >= 0.6 is 15.9 Å². The smallest absolute Gasteiger partial charge is 0.240 e. The lowest BCUT2D eigenvalue weighted by Crippen LogP contribution is -2.20. The summed E-state index contributed by atoms with van der Waals surface area (Å²) >= 11 is 3.39. The highest BCUT2D eigenvalue weighted by Gasteiger charge is 2.07. The zero-order valence-electron chi connectivity index (χ0n) is 15.7. The minimum absolute atomic E-state index is 0.0239. The Hall–Kier alpha value is -2.87. The van der Waals surface area contributed by atoms with E-state index >= 15 is 0 Å². The van der Waals surface area contributed by atoms with E-state index in [0.29, 0.717) is 23.8 Å². The van der Waals surface area contributed by atoms with Crippen LogP contribution in [-0.4, -0.2) is 31.7 Å². The zero-order chi connectivity index (χ0) is 20.4. The van der Waals surface area contributed by atoms with E-state index in [1.807, 2.05) is 25.1 Å². The second-order valence-corrected chi connectivity index (χ2v) is 6.60. The Balaban J connectivity index is 1.79. The lowest BCUT2D eigenvalue weighted by Gasteiger charge is -2.07. The minimum atomic E-state index is -0.353. The Morgan fingerprint density at radius 2 is 1.82 bits per heavy atom. The Morgan fingerprint density at radius 3 is 2.50 bits per heavy atom. The Morgan fingerprint density at radius 1 is 1.11 bits per heavy atom. The molecular formula is C20H22BrN3O4. The van der Waals surface area contributed by atoms with Crippen molar-refractivity contribution in [3.63, 3.8) is 0 Å². The number of halogens is 1. The van der Waals surface area contributed by atoms with Crippen molar-refractivity contribution < 1.29 is 19.1 Å². The molecule has 2 aromatic carbocycles. The van der Waals surface area contributed by atoms with Crippen molar-refractivity contribution in [2.45, 2.75) is 19.8 Å². The maximum absolute atomic E-state index is 11.9. The lowest BCUT2D eigenvalue weighted by atomic mass is 10.2. The number of amides is 2. The minimum Gasteiger partial charge on any atom is -0.497 e. The summed E-state index contributed by atoms with van der Waals surface area (Å²) in [5.74, 6) is 0.764. The van der Waals surface area contributed by atoms with Gasteiger partial charge in [-0.05, 0) is 49.4 Å². The summed E-state index contributed by atoms with van der Waals surface area (Å²) in [7, 11) is 1.57. The van der Waals surface area contributed by atoms with Crippen LogP contribution in [0.1, 0.15) is 25.3 Å². The standard InChI is InChI=1S/C20H22BrN3O4/c1-3-28-18-9-4-15(21)12-14(18)13-22-24-20(26)11-10-19(25)23-16-5-7-17(27-2)8-6-16/h4-9,12-13H,3,10-11H2,1-2H3,(H,23,25)(H,24,26). The topological polar surface area (TPSA) is 89.0 Å². The highest BCUT2D eigenvalue weighted by atomic mass is 79.9. The number of hydrogen-bond acceptors (Lipinski definition) is 5. The normalized spacial score (nSPS) is 10.5. The van der Waals surface area contributed by atoms with Crippen LogP contribution in [0, 0.1) is 0 Å². The summed E-state index contributed by atoms with van der Waals surface area (Å²) in [5, 5.41) is 6.66. The van der Waals surface area contributed by atoms with E-state index in [2.05, 4.69) is 31.8 Å². The predicted molar refractivity (Wildman–Crippen MR) is 112 cm³/mol. The van der Waals surface area contributed by atoms with Crippen molar-refractivity contribution in [1.29, 1.82) is 0 Å². The second-order valence-electron chi connectivity index (χ2n) is 5.69. The van der Waals surface area contributed by atoms with Gasteiger partial charge in [-0.2, -0.15) is 5.10 Å². The first-order valence-electron chi connectivity index (χ1n) is 8.70. The molecule has 0 radical (unpaired) electrons. The van der Waals surface area contributed by atoms with Crippen LogP contribution in [0.3, 0.4) is 0 Å². The number of carbonyl (C=O) groups excluding carboxylic acids is 2. The maximum atomic E-state index is 11.9. The lowest BCUT2D eigenvalue weighted by molar-refractivity contribution is -0.124. The van der Waals surface area contributed by atoms with Gasteiger partial charge in [0.25, 0.3) is 0 Å². The van der Waals surface area contributed by atoms with Crippen molar-refractivity contribution in [2.75, 3.05) is 19.0 Å². The molecule has 0 unspecified atom stereocenters. The number of methoxy groups -OCH3 is 1.